The third kappa shape index (κ3) is 4.08. The maximum atomic E-state index is 13.1. The fraction of sp³-hybridized carbons (Fsp3) is 0.600. The summed E-state index contributed by atoms with van der Waals surface area (Å²) in [5, 5.41) is 2.99. The minimum atomic E-state index is -0.233. The lowest BCUT2D eigenvalue weighted by Crippen LogP contribution is -2.55. The molecule has 0 spiro atoms. The SMILES string of the molecule is O=C1CC2CCCC(CN1)N2CC(=O)N1CCN(c2ccc(F)cc2)CC1. The molecule has 2 amide bonds. The van der Waals surface area contributed by atoms with E-state index >= 15 is 0 Å². The van der Waals surface area contributed by atoms with Crippen LogP contribution >= 0.6 is 0 Å². The van der Waals surface area contributed by atoms with Gasteiger partial charge in [-0.25, -0.2) is 4.39 Å². The minimum Gasteiger partial charge on any atom is -0.368 e. The molecule has 2 atom stereocenters. The second-order valence-corrected chi connectivity index (χ2v) is 7.76. The van der Waals surface area contributed by atoms with Gasteiger partial charge in [0, 0.05) is 56.9 Å². The topological polar surface area (TPSA) is 55.9 Å². The average molecular weight is 374 g/mol. The number of nitrogens with one attached hydrogen (secondary N) is 1. The molecule has 3 saturated heterocycles. The van der Waals surface area contributed by atoms with E-state index in [0.717, 1.165) is 38.0 Å². The Morgan fingerprint density at radius 1 is 1.07 bits per heavy atom. The first-order valence-corrected chi connectivity index (χ1v) is 9.91. The Hall–Kier alpha value is -2.15. The summed E-state index contributed by atoms with van der Waals surface area (Å²) in [5.41, 5.74) is 0.995. The molecule has 2 unspecified atom stereocenters. The molecule has 6 nitrogen and oxygen atoms in total. The number of carbonyl (C=O) groups excluding carboxylic acids is 2. The van der Waals surface area contributed by atoms with Crippen molar-refractivity contribution < 1.29 is 14.0 Å². The Bertz CT molecular complexity index is 688. The van der Waals surface area contributed by atoms with Gasteiger partial charge in [-0.3, -0.25) is 14.5 Å². The molecule has 0 radical (unpaired) electrons. The molecule has 3 aliphatic heterocycles. The molecule has 7 heteroatoms. The quantitative estimate of drug-likeness (QED) is 0.864. The lowest BCUT2D eigenvalue weighted by Gasteiger charge is -2.41. The Labute approximate surface area is 159 Å². The summed E-state index contributed by atoms with van der Waals surface area (Å²) in [4.78, 5) is 31.2. The van der Waals surface area contributed by atoms with Gasteiger partial charge < -0.3 is 15.1 Å². The van der Waals surface area contributed by atoms with Gasteiger partial charge in [-0.1, -0.05) is 6.42 Å². The number of rotatable bonds is 3. The van der Waals surface area contributed by atoms with Gasteiger partial charge in [-0.05, 0) is 37.1 Å². The molecule has 0 saturated carbocycles. The van der Waals surface area contributed by atoms with E-state index in [4.69, 9.17) is 0 Å². The number of carbonyl (C=O) groups is 2. The van der Waals surface area contributed by atoms with Crippen LogP contribution in [-0.4, -0.2) is 73.0 Å². The van der Waals surface area contributed by atoms with Gasteiger partial charge in [0.25, 0.3) is 0 Å². The van der Waals surface area contributed by atoms with Crippen molar-refractivity contribution in [2.45, 2.75) is 37.8 Å². The van der Waals surface area contributed by atoms with E-state index in [2.05, 4.69) is 15.1 Å². The van der Waals surface area contributed by atoms with Gasteiger partial charge in [0.05, 0.1) is 6.54 Å². The number of nitrogens with zero attached hydrogens (tertiary/aromatic N) is 3. The highest BCUT2D eigenvalue weighted by Gasteiger charge is 2.36. The molecule has 1 aromatic carbocycles. The van der Waals surface area contributed by atoms with Crippen LogP contribution in [0, 0.1) is 5.82 Å². The van der Waals surface area contributed by atoms with Crippen molar-refractivity contribution in [3.63, 3.8) is 0 Å². The molecule has 0 aliphatic carbocycles. The molecule has 3 heterocycles. The number of piperazine rings is 1. The summed E-state index contributed by atoms with van der Waals surface area (Å²) in [6.45, 7) is 3.92. The van der Waals surface area contributed by atoms with Crippen LogP contribution in [0.2, 0.25) is 0 Å². The Balaban J connectivity index is 1.34. The predicted octanol–water partition coefficient (Wildman–Crippen LogP) is 1.22. The van der Waals surface area contributed by atoms with Crippen molar-refractivity contribution in [2.75, 3.05) is 44.2 Å². The van der Waals surface area contributed by atoms with E-state index in [0.29, 0.717) is 32.6 Å². The third-order valence-corrected chi connectivity index (χ3v) is 6.11. The first-order chi connectivity index (χ1) is 13.1. The summed E-state index contributed by atoms with van der Waals surface area (Å²) >= 11 is 0. The maximum absolute atomic E-state index is 13.1. The molecule has 146 valence electrons. The summed E-state index contributed by atoms with van der Waals surface area (Å²) in [6.07, 6.45) is 3.67. The standard InChI is InChI=1S/C20H27FN4O2/c21-15-4-6-16(7-5-15)23-8-10-24(11-9-23)20(27)14-25-17-2-1-3-18(25)13-22-19(26)12-17/h4-7,17-18H,1-3,8-14H2,(H,22,26). The van der Waals surface area contributed by atoms with Gasteiger partial charge in [0.2, 0.25) is 11.8 Å². The molecule has 3 aliphatic rings. The highest BCUT2D eigenvalue weighted by atomic mass is 19.1. The smallest absolute Gasteiger partial charge is 0.236 e. The normalized spacial score (nSPS) is 26.5. The Morgan fingerprint density at radius 2 is 1.78 bits per heavy atom. The predicted molar refractivity (Wildman–Crippen MR) is 101 cm³/mol. The molecule has 1 aromatic rings. The second kappa shape index (κ2) is 7.84. The van der Waals surface area contributed by atoms with Crippen LogP contribution in [0.1, 0.15) is 25.7 Å². The Kier molecular flexibility index (Phi) is 5.29. The largest absolute Gasteiger partial charge is 0.368 e. The fourth-order valence-electron chi connectivity index (χ4n) is 4.56. The highest BCUT2D eigenvalue weighted by molar-refractivity contribution is 5.80. The zero-order chi connectivity index (χ0) is 18.8. The highest BCUT2D eigenvalue weighted by Crippen LogP contribution is 2.27. The van der Waals surface area contributed by atoms with Gasteiger partial charge in [-0.15, -0.1) is 0 Å². The minimum absolute atomic E-state index is 0.106. The van der Waals surface area contributed by atoms with E-state index in [9.17, 15) is 14.0 Å². The van der Waals surface area contributed by atoms with Crippen molar-refractivity contribution in [2.24, 2.45) is 0 Å². The number of hydrogen-bond acceptors (Lipinski definition) is 4. The monoisotopic (exact) mass is 374 g/mol. The molecule has 2 bridgehead atoms. The maximum Gasteiger partial charge on any atom is 0.236 e. The zero-order valence-electron chi connectivity index (χ0n) is 15.6. The van der Waals surface area contributed by atoms with Gasteiger partial charge in [-0.2, -0.15) is 0 Å². The zero-order valence-corrected chi connectivity index (χ0v) is 15.6. The molecule has 3 fully saturated rings. The number of hydrogen-bond donors (Lipinski definition) is 1. The summed E-state index contributed by atoms with van der Waals surface area (Å²) < 4.78 is 13.1. The van der Waals surface area contributed by atoms with Crippen LogP contribution in [0.5, 0.6) is 0 Å². The van der Waals surface area contributed by atoms with Crippen LogP contribution in [0.15, 0.2) is 24.3 Å². The number of amides is 2. The van der Waals surface area contributed by atoms with Gasteiger partial charge in [0.15, 0.2) is 0 Å². The van der Waals surface area contributed by atoms with Crippen LogP contribution in [0.4, 0.5) is 10.1 Å². The number of benzene rings is 1. The fourth-order valence-corrected chi connectivity index (χ4v) is 4.56. The molecule has 4 rings (SSSR count). The number of halogens is 1. The molecular formula is C20H27FN4O2. The first-order valence-electron chi connectivity index (χ1n) is 9.91. The second-order valence-electron chi connectivity index (χ2n) is 7.76. The van der Waals surface area contributed by atoms with Crippen LogP contribution in [0.3, 0.4) is 0 Å². The third-order valence-electron chi connectivity index (χ3n) is 6.11. The van der Waals surface area contributed by atoms with E-state index in [1.54, 1.807) is 12.1 Å². The van der Waals surface area contributed by atoms with Crippen LogP contribution < -0.4 is 10.2 Å². The molecule has 1 N–H and O–H groups in total. The summed E-state index contributed by atoms with van der Waals surface area (Å²) in [5.74, 6) is 0.0262. The van der Waals surface area contributed by atoms with Gasteiger partial charge >= 0.3 is 0 Å². The molecular weight excluding hydrogens is 347 g/mol. The van der Waals surface area contributed by atoms with Crippen LogP contribution in [0.25, 0.3) is 0 Å². The van der Waals surface area contributed by atoms with Crippen molar-refractivity contribution in [3.05, 3.63) is 30.1 Å². The molecule has 27 heavy (non-hydrogen) atoms. The van der Waals surface area contributed by atoms with Crippen molar-refractivity contribution >= 4 is 17.5 Å². The van der Waals surface area contributed by atoms with E-state index in [-0.39, 0.29) is 29.7 Å². The van der Waals surface area contributed by atoms with E-state index < -0.39 is 0 Å². The lowest BCUT2D eigenvalue weighted by molar-refractivity contribution is -0.135. The summed E-state index contributed by atoms with van der Waals surface area (Å²) in [6, 6.07) is 6.99. The Morgan fingerprint density at radius 3 is 2.52 bits per heavy atom. The average Bonchev–Trinajstić information content (AvgIpc) is 2.76. The van der Waals surface area contributed by atoms with Crippen molar-refractivity contribution in [1.29, 1.82) is 0 Å². The summed E-state index contributed by atoms with van der Waals surface area (Å²) in [7, 11) is 0. The lowest BCUT2D eigenvalue weighted by atomic mass is 9.94. The first kappa shape index (κ1) is 18.2. The van der Waals surface area contributed by atoms with E-state index in [1.165, 1.54) is 12.1 Å². The van der Waals surface area contributed by atoms with Crippen LogP contribution in [-0.2, 0) is 9.59 Å². The van der Waals surface area contributed by atoms with Crippen molar-refractivity contribution in [1.82, 2.24) is 15.1 Å². The number of anilines is 1. The molecule has 0 aromatic heterocycles. The number of piperidine rings is 1. The van der Waals surface area contributed by atoms with Gasteiger partial charge in [0.1, 0.15) is 5.82 Å². The van der Waals surface area contributed by atoms with Crippen molar-refractivity contribution in [3.8, 4) is 0 Å². The van der Waals surface area contributed by atoms with E-state index in [1.807, 2.05) is 4.90 Å². The number of fused-ring (bicyclic) bond motifs is 2.